The quantitative estimate of drug-likeness (QED) is 0.785. The van der Waals surface area contributed by atoms with Crippen LogP contribution in [0.3, 0.4) is 0 Å². The molecule has 0 aromatic carbocycles. The zero-order valence-corrected chi connectivity index (χ0v) is 18.5. The van der Waals surface area contributed by atoms with Gasteiger partial charge in [0.2, 0.25) is 17.5 Å². The Kier molecular flexibility index (Phi) is 6.33. The van der Waals surface area contributed by atoms with Gasteiger partial charge in [0.15, 0.2) is 5.76 Å². The minimum atomic E-state index is -0.185. The van der Waals surface area contributed by atoms with E-state index in [-0.39, 0.29) is 23.7 Å². The summed E-state index contributed by atoms with van der Waals surface area (Å²) in [5, 5.41) is 12.8. The van der Waals surface area contributed by atoms with E-state index in [9.17, 15) is 10.1 Å². The molecule has 8 heteroatoms. The Morgan fingerprint density at radius 3 is 2.74 bits per heavy atom. The van der Waals surface area contributed by atoms with Gasteiger partial charge in [-0.25, -0.2) is 0 Å². The number of carbonyl (C=O) groups is 1. The number of rotatable bonds is 5. The van der Waals surface area contributed by atoms with Crippen molar-refractivity contribution in [1.82, 2.24) is 15.2 Å². The molecule has 2 fully saturated rings. The lowest BCUT2D eigenvalue weighted by Gasteiger charge is -2.39. The molecular formula is C23H31N5O3. The average molecular weight is 426 g/mol. The molecule has 2 aliphatic rings. The van der Waals surface area contributed by atoms with Gasteiger partial charge in [0.25, 0.3) is 5.89 Å². The van der Waals surface area contributed by atoms with E-state index in [1.54, 1.807) is 18.4 Å². The van der Waals surface area contributed by atoms with Crippen LogP contribution in [0, 0.1) is 23.2 Å². The standard InChI is InChI=1S/C23H31N5O3/c1-15-6-4-7-18(16(15)2)25-21(29)17(3)27-9-11-28(12-10-27)23-19(14-24)26-22(31-23)20-8-5-13-30-20/h5,8,13,15-18H,4,6-7,9-12H2,1-3H3,(H,25,29)/t15-,16+,17-,18+/m1/s1. The molecule has 0 radical (unpaired) electrons. The second-order valence-electron chi connectivity index (χ2n) is 8.84. The fourth-order valence-electron chi connectivity index (χ4n) is 4.67. The van der Waals surface area contributed by atoms with Gasteiger partial charge in [0, 0.05) is 32.2 Å². The first kappa shape index (κ1) is 21.4. The van der Waals surface area contributed by atoms with Crippen LogP contribution in [0.25, 0.3) is 11.7 Å². The third kappa shape index (κ3) is 4.47. The van der Waals surface area contributed by atoms with E-state index in [0.29, 0.717) is 55.5 Å². The summed E-state index contributed by atoms with van der Waals surface area (Å²) < 4.78 is 11.2. The van der Waals surface area contributed by atoms with Gasteiger partial charge in [-0.1, -0.05) is 26.7 Å². The molecule has 1 saturated carbocycles. The summed E-state index contributed by atoms with van der Waals surface area (Å²) in [5.41, 5.74) is 0.256. The molecule has 2 aromatic rings. The normalized spacial score (nSPS) is 25.7. The van der Waals surface area contributed by atoms with Crippen LogP contribution in [0.2, 0.25) is 0 Å². The summed E-state index contributed by atoms with van der Waals surface area (Å²) in [6.45, 7) is 9.26. The highest BCUT2D eigenvalue weighted by Gasteiger charge is 2.32. The number of nitrogens with one attached hydrogen (secondary N) is 1. The topological polar surface area (TPSA) is 98.5 Å². The number of furan rings is 1. The van der Waals surface area contributed by atoms with Crippen LogP contribution in [-0.4, -0.2) is 54.1 Å². The van der Waals surface area contributed by atoms with Crippen molar-refractivity contribution < 1.29 is 13.6 Å². The van der Waals surface area contributed by atoms with Crippen molar-refractivity contribution in [2.45, 2.75) is 52.1 Å². The predicted molar refractivity (Wildman–Crippen MR) is 116 cm³/mol. The lowest BCUT2D eigenvalue weighted by molar-refractivity contribution is -0.127. The van der Waals surface area contributed by atoms with E-state index in [2.05, 4.69) is 35.1 Å². The first-order chi connectivity index (χ1) is 15.0. The summed E-state index contributed by atoms with van der Waals surface area (Å²) in [5.74, 6) is 2.55. The van der Waals surface area contributed by atoms with Crippen LogP contribution in [0.5, 0.6) is 0 Å². The summed E-state index contributed by atoms with van der Waals surface area (Å²) in [4.78, 5) is 21.4. The maximum absolute atomic E-state index is 12.9. The minimum absolute atomic E-state index is 0.108. The van der Waals surface area contributed by atoms with Crippen molar-refractivity contribution in [3.63, 3.8) is 0 Å². The lowest BCUT2D eigenvalue weighted by Crippen LogP contribution is -2.56. The highest BCUT2D eigenvalue weighted by atomic mass is 16.4. The SMILES string of the molecule is C[C@H]1[C@H](C)CCC[C@@H]1NC(=O)[C@@H](C)N1CCN(c2oc(-c3ccco3)nc2C#N)CC1. The van der Waals surface area contributed by atoms with Crippen LogP contribution in [0.15, 0.2) is 27.2 Å². The van der Waals surface area contributed by atoms with E-state index < -0.39 is 0 Å². The van der Waals surface area contributed by atoms with E-state index in [0.717, 1.165) is 6.42 Å². The molecule has 0 spiro atoms. The molecule has 1 saturated heterocycles. The molecule has 3 heterocycles. The van der Waals surface area contributed by atoms with Gasteiger partial charge < -0.3 is 19.1 Å². The van der Waals surface area contributed by atoms with Crippen molar-refractivity contribution in [1.29, 1.82) is 5.26 Å². The fourth-order valence-corrected chi connectivity index (χ4v) is 4.67. The van der Waals surface area contributed by atoms with Gasteiger partial charge in [-0.3, -0.25) is 9.69 Å². The minimum Gasteiger partial charge on any atom is -0.459 e. The number of nitriles is 1. The van der Waals surface area contributed by atoms with E-state index >= 15 is 0 Å². The maximum Gasteiger partial charge on any atom is 0.266 e. The molecular weight excluding hydrogens is 394 g/mol. The number of hydrogen-bond donors (Lipinski definition) is 1. The van der Waals surface area contributed by atoms with Crippen molar-refractivity contribution >= 4 is 11.8 Å². The van der Waals surface area contributed by atoms with Crippen molar-refractivity contribution in [2.24, 2.45) is 11.8 Å². The van der Waals surface area contributed by atoms with Crippen LogP contribution in [-0.2, 0) is 4.79 Å². The second kappa shape index (κ2) is 9.15. The van der Waals surface area contributed by atoms with Crippen LogP contribution >= 0.6 is 0 Å². The van der Waals surface area contributed by atoms with E-state index in [1.807, 2.05) is 11.8 Å². The number of piperazine rings is 1. The van der Waals surface area contributed by atoms with Gasteiger partial charge in [-0.05, 0) is 37.3 Å². The molecule has 31 heavy (non-hydrogen) atoms. The number of aromatic nitrogens is 1. The van der Waals surface area contributed by atoms with E-state index in [4.69, 9.17) is 8.83 Å². The van der Waals surface area contributed by atoms with Gasteiger partial charge >= 0.3 is 0 Å². The van der Waals surface area contributed by atoms with Gasteiger partial charge in [0.1, 0.15) is 6.07 Å². The summed E-state index contributed by atoms with van der Waals surface area (Å²) >= 11 is 0. The molecule has 4 atom stereocenters. The fraction of sp³-hybridized carbons (Fsp3) is 0.609. The zero-order chi connectivity index (χ0) is 22.0. The number of amides is 1. The monoisotopic (exact) mass is 425 g/mol. The van der Waals surface area contributed by atoms with Gasteiger partial charge in [0.05, 0.1) is 12.3 Å². The maximum atomic E-state index is 12.9. The largest absolute Gasteiger partial charge is 0.459 e. The Morgan fingerprint density at radius 1 is 1.29 bits per heavy atom. The first-order valence-corrected chi connectivity index (χ1v) is 11.2. The number of nitrogens with zero attached hydrogens (tertiary/aromatic N) is 4. The molecule has 0 bridgehead atoms. The number of hydrogen-bond acceptors (Lipinski definition) is 7. The third-order valence-electron chi connectivity index (χ3n) is 7.01. The molecule has 8 nitrogen and oxygen atoms in total. The Morgan fingerprint density at radius 2 is 2.06 bits per heavy atom. The molecule has 1 aliphatic carbocycles. The number of carbonyl (C=O) groups excluding carboxylic acids is 1. The van der Waals surface area contributed by atoms with Gasteiger partial charge in [-0.2, -0.15) is 10.2 Å². The summed E-state index contributed by atoms with van der Waals surface area (Å²) in [6, 6.07) is 5.71. The number of anilines is 1. The summed E-state index contributed by atoms with van der Waals surface area (Å²) in [6.07, 6.45) is 5.05. The Labute approximate surface area is 183 Å². The van der Waals surface area contributed by atoms with Crippen LogP contribution in [0.4, 0.5) is 5.88 Å². The predicted octanol–water partition coefficient (Wildman–Crippen LogP) is 3.26. The number of oxazole rings is 1. The molecule has 1 N–H and O–H groups in total. The Balaban J connectivity index is 1.35. The summed E-state index contributed by atoms with van der Waals surface area (Å²) in [7, 11) is 0. The van der Waals surface area contributed by atoms with Gasteiger partial charge in [-0.15, -0.1) is 0 Å². The smallest absolute Gasteiger partial charge is 0.266 e. The van der Waals surface area contributed by atoms with Crippen LogP contribution < -0.4 is 10.2 Å². The molecule has 0 unspecified atom stereocenters. The van der Waals surface area contributed by atoms with Crippen molar-refractivity contribution in [3.05, 3.63) is 24.1 Å². The average Bonchev–Trinajstić information content (AvgIpc) is 3.46. The Bertz CT molecular complexity index is 924. The second-order valence-corrected chi connectivity index (χ2v) is 8.84. The molecule has 1 aliphatic heterocycles. The first-order valence-electron chi connectivity index (χ1n) is 11.2. The molecule has 1 amide bonds. The highest BCUT2D eigenvalue weighted by molar-refractivity contribution is 5.81. The van der Waals surface area contributed by atoms with Crippen molar-refractivity contribution in [3.8, 4) is 17.7 Å². The van der Waals surface area contributed by atoms with Crippen LogP contribution in [0.1, 0.15) is 45.7 Å². The third-order valence-corrected chi connectivity index (χ3v) is 7.01. The lowest BCUT2D eigenvalue weighted by atomic mass is 9.78. The molecule has 4 rings (SSSR count). The molecule has 166 valence electrons. The van der Waals surface area contributed by atoms with E-state index in [1.165, 1.54) is 12.8 Å². The highest BCUT2D eigenvalue weighted by Crippen LogP contribution is 2.30. The Hall–Kier alpha value is -2.79. The molecule has 2 aromatic heterocycles. The van der Waals surface area contributed by atoms with Crippen molar-refractivity contribution in [2.75, 3.05) is 31.1 Å². The zero-order valence-electron chi connectivity index (χ0n) is 18.5.